The van der Waals surface area contributed by atoms with Crippen LogP contribution in [-0.2, 0) is 65.6 Å². The maximum Gasteiger partial charge on any atom is 0.120 e. The third kappa shape index (κ3) is 17.3. The Bertz CT molecular complexity index is 1850. The van der Waals surface area contributed by atoms with Crippen molar-refractivity contribution in [3.8, 4) is 11.5 Å². The molecule has 6 rings (SSSR count). The minimum atomic E-state index is 0.492. The van der Waals surface area contributed by atoms with Crippen molar-refractivity contribution in [2.45, 2.75) is 182 Å². The van der Waals surface area contributed by atoms with Crippen LogP contribution >= 0.6 is 31.9 Å². The SMILES string of the molecule is CCCCCCc1c2cc(Br)cc1Cc1cc3cc(c1CCCCCC)Cc1cc(Br)cc(c1CCCCCC)Cc1cc(cc(c1CCCCCC)C2)OCCOCCOCCOCCO3. The van der Waals surface area contributed by atoms with Crippen molar-refractivity contribution in [1.82, 2.24) is 0 Å². The van der Waals surface area contributed by atoms with Gasteiger partial charge in [-0.05, 0) is 192 Å². The van der Waals surface area contributed by atoms with Crippen molar-refractivity contribution < 1.29 is 23.7 Å². The Morgan fingerprint density at radius 1 is 0.313 bits per heavy atom. The molecule has 2 aliphatic rings. The molecule has 0 atom stereocenters. The predicted octanol–water partition coefficient (Wildman–Crippen LogP) is 16.2. The minimum Gasteiger partial charge on any atom is -0.491 e. The molecular formula is C60H84Br2O5. The summed E-state index contributed by atoms with van der Waals surface area (Å²) in [5.74, 6) is 1.90. The van der Waals surface area contributed by atoms with Gasteiger partial charge in [-0.2, -0.15) is 0 Å². The molecule has 10 bridgehead atoms. The standard InChI is InChI=1S/C60H84Br2O5/c1-5-9-13-17-21-57-45-33-49-41-55-43-51(59(49)23-19-15-11-7-3)35-47-39-54(62)40-48(58(47)22-18-14-10-6-2)36-52-44-56(67-32-30-65-28-26-63-25-27-64-29-31-66-55)42-50(34-46(57)38-53(61)37-45)60(52)24-20-16-12-8-4/h37-44H,5-36H2,1-4H3. The average Bonchev–Trinajstić information content (AvgIpc) is 3.30. The molecule has 0 radical (unpaired) electrons. The van der Waals surface area contributed by atoms with Crippen LogP contribution in [-0.4, -0.2) is 52.9 Å². The van der Waals surface area contributed by atoms with E-state index in [1.54, 1.807) is 0 Å². The van der Waals surface area contributed by atoms with Crippen molar-refractivity contribution in [3.05, 3.63) is 124 Å². The summed E-state index contributed by atoms with van der Waals surface area (Å²) in [7, 11) is 0. The van der Waals surface area contributed by atoms with Crippen LogP contribution in [0.5, 0.6) is 11.5 Å². The highest BCUT2D eigenvalue weighted by Crippen LogP contribution is 2.38. The molecule has 0 amide bonds. The van der Waals surface area contributed by atoms with E-state index in [0.29, 0.717) is 52.9 Å². The summed E-state index contributed by atoms with van der Waals surface area (Å²) >= 11 is 8.20. The van der Waals surface area contributed by atoms with Crippen LogP contribution in [0.1, 0.15) is 197 Å². The number of fused-ring (bicyclic) bond motifs is 6. The number of hydrogen-bond acceptors (Lipinski definition) is 5. The van der Waals surface area contributed by atoms with Gasteiger partial charge in [-0.25, -0.2) is 0 Å². The van der Waals surface area contributed by atoms with Crippen LogP contribution < -0.4 is 9.47 Å². The van der Waals surface area contributed by atoms with Gasteiger partial charge >= 0.3 is 0 Å². The van der Waals surface area contributed by atoms with Gasteiger partial charge in [0.15, 0.2) is 0 Å². The monoisotopic (exact) mass is 1040 g/mol. The molecule has 368 valence electrons. The fourth-order valence-corrected chi connectivity index (χ4v) is 11.6. The summed E-state index contributed by atoms with van der Waals surface area (Å²) in [6.07, 6.45) is 27.6. The van der Waals surface area contributed by atoms with Crippen LogP contribution in [0.2, 0.25) is 0 Å². The zero-order valence-electron chi connectivity index (χ0n) is 42.0. The van der Waals surface area contributed by atoms with Crippen LogP contribution in [0.4, 0.5) is 0 Å². The lowest BCUT2D eigenvalue weighted by Gasteiger charge is -2.25. The van der Waals surface area contributed by atoms with E-state index < -0.39 is 0 Å². The first-order valence-electron chi connectivity index (χ1n) is 26.8. The van der Waals surface area contributed by atoms with Crippen LogP contribution in [0.25, 0.3) is 0 Å². The van der Waals surface area contributed by atoms with E-state index in [4.69, 9.17) is 23.7 Å². The maximum atomic E-state index is 6.72. The zero-order valence-corrected chi connectivity index (χ0v) is 45.2. The van der Waals surface area contributed by atoms with Gasteiger partial charge in [-0.15, -0.1) is 0 Å². The smallest absolute Gasteiger partial charge is 0.120 e. The quantitative estimate of drug-likeness (QED) is 0.0727. The highest BCUT2D eigenvalue weighted by atomic mass is 79.9. The van der Waals surface area contributed by atoms with Gasteiger partial charge in [0.25, 0.3) is 0 Å². The van der Waals surface area contributed by atoms with Crippen molar-refractivity contribution in [2.75, 3.05) is 52.9 Å². The lowest BCUT2D eigenvalue weighted by atomic mass is 9.82. The topological polar surface area (TPSA) is 46.2 Å². The van der Waals surface area contributed by atoms with Gasteiger partial charge in [0.2, 0.25) is 0 Å². The molecule has 1 aliphatic carbocycles. The van der Waals surface area contributed by atoms with E-state index in [1.807, 2.05) is 0 Å². The van der Waals surface area contributed by atoms with Crippen LogP contribution in [0, 0.1) is 0 Å². The Morgan fingerprint density at radius 2 is 0.552 bits per heavy atom. The van der Waals surface area contributed by atoms with Crippen LogP contribution in [0.3, 0.4) is 0 Å². The second kappa shape index (κ2) is 30.1. The predicted molar refractivity (Wildman–Crippen MR) is 287 cm³/mol. The molecule has 0 fully saturated rings. The number of hydrogen-bond donors (Lipinski definition) is 0. The molecule has 5 nitrogen and oxygen atoms in total. The van der Waals surface area contributed by atoms with Gasteiger partial charge in [-0.3, -0.25) is 0 Å². The fourth-order valence-electron chi connectivity index (χ4n) is 10.5. The summed E-state index contributed by atoms with van der Waals surface area (Å²) in [6.45, 7) is 13.4. The number of halogens is 2. The Labute approximate surface area is 423 Å². The first kappa shape index (κ1) is 53.7. The van der Waals surface area contributed by atoms with E-state index >= 15 is 0 Å². The molecule has 4 aromatic rings. The summed E-state index contributed by atoms with van der Waals surface area (Å²) < 4.78 is 33.7. The Balaban J connectivity index is 1.63. The minimum absolute atomic E-state index is 0.492. The highest BCUT2D eigenvalue weighted by molar-refractivity contribution is 9.10. The van der Waals surface area contributed by atoms with E-state index in [-0.39, 0.29) is 0 Å². The van der Waals surface area contributed by atoms with E-state index in [0.717, 1.165) is 71.8 Å². The molecule has 0 aromatic heterocycles. The van der Waals surface area contributed by atoms with Gasteiger partial charge in [0.1, 0.15) is 24.7 Å². The lowest BCUT2D eigenvalue weighted by Crippen LogP contribution is -2.15. The molecule has 1 heterocycles. The number of ether oxygens (including phenoxy) is 5. The van der Waals surface area contributed by atoms with E-state index in [2.05, 4.69) is 108 Å². The second-order valence-electron chi connectivity index (χ2n) is 19.3. The summed E-state index contributed by atoms with van der Waals surface area (Å²) in [4.78, 5) is 0. The molecule has 0 N–H and O–H groups in total. The Morgan fingerprint density at radius 3 is 0.806 bits per heavy atom. The zero-order chi connectivity index (χ0) is 47.1. The van der Waals surface area contributed by atoms with Gasteiger partial charge in [0, 0.05) is 8.95 Å². The molecule has 0 unspecified atom stereocenters. The molecular weight excluding hydrogens is 960 g/mol. The summed E-state index contributed by atoms with van der Waals surface area (Å²) in [5, 5.41) is 0. The molecule has 67 heavy (non-hydrogen) atoms. The molecule has 0 saturated heterocycles. The first-order valence-corrected chi connectivity index (χ1v) is 28.4. The van der Waals surface area contributed by atoms with Gasteiger partial charge in [-0.1, -0.05) is 137 Å². The molecule has 1 aliphatic heterocycles. The lowest BCUT2D eigenvalue weighted by molar-refractivity contribution is 0.00498. The van der Waals surface area contributed by atoms with E-state index in [9.17, 15) is 0 Å². The molecule has 7 heteroatoms. The van der Waals surface area contributed by atoms with Crippen molar-refractivity contribution >= 4 is 31.9 Å². The summed E-state index contributed by atoms with van der Waals surface area (Å²) in [5.41, 5.74) is 17.5. The molecule has 0 saturated carbocycles. The normalized spacial score (nSPS) is 15.0. The second-order valence-corrected chi connectivity index (χ2v) is 21.2. The Hall–Kier alpha value is -2.68. The average molecular weight is 1050 g/mol. The molecule has 0 spiro atoms. The van der Waals surface area contributed by atoms with Gasteiger partial charge in [0.05, 0.1) is 39.6 Å². The van der Waals surface area contributed by atoms with Gasteiger partial charge < -0.3 is 23.7 Å². The third-order valence-corrected chi connectivity index (χ3v) is 14.9. The maximum absolute atomic E-state index is 6.72. The van der Waals surface area contributed by atoms with Crippen LogP contribution in [0.15, 0.2) is 57.5 Å². The fraction of sp³-hybridized carbons (Fsp3) is 0.600. The first-order chi connectivity index (χ1) is 32.9. The molecule has 4 aromatic carbocycles. The number of rotatable bonds is 20. The number of unbranched alkanes of at least 4 members (excludes halogenated alkanes) is 12. The largest absolute Gasteiger partial charge is 0.491 e. The van der Waals surface area contributed by atoms with Crippen molar-refractivity contribution in [2.24, 2.45) is 0 Å². The van der Waals surface area contributed by atoms with Crippen molar-refractivity contribution in [3.63, 3.8) is 0 Å². The summed E-state index contributed by atoms with van der Waals surface area (Å²) in [6, 6.07) is 19.4. The highest BCUT2D eigenvalue weighted by Gasteiger charge is 2.23. The Kier molecular flexibility index (Phi) is 24.1. The van der Waals surface area contributed by atoms with Crippen molar-refractivity contribution in [1.29, 1.82) is 0 Å². The van der Waals surface area contributed by atoms with E-state index in [1.165, 1.54) is 169 Å². The number of benzene rings is 4. The third-order valence-electron chi connectivity index (χ3n) is 14.0.